The fourth-order valence-corrected chi connectivity index (χ4v) is 4.26. The van der Waals surface area contributed by atoms with Crippen molar-refractivity contribution in [2.24, 2.45) is 5.73 Å². The van der Waals surface area contributed by atoms with Crippen molar-refractivity contribution in [2.75, 3.05) is 13.1 Å². The van der Waals surface area contributed by atoms with E-state index in [1.165, 1.54) is 0 Å². The fraction of sp³-hybridized carbons (Fsp3) is 0.423. The number of aliphatic carboxylic acids is 1. The Morgan fingerprint density at radius 2 is 1.66 bits per heavy atom. The van der Waals surface area contributed by atoms with E-state index in [-0.39, 0.29) is 19.3 Å². The van der Waals surface area contributed by atoms with Crippen LogP contribution in [-0.2, 0) is 20.8 Å². The summed E-state index contributed by atoms with van der Waals surface area (Å²) in [6.07, 6.45) is 1.18. The Balaban J connectivity index is 1.71. The number of unbranched alkanes of at least 4 members (excludes halogenated alkanes) is 1. The molecular weight excluding hydrogens is 496 g/mol. The first-order valence-electron chi connectivity index (χ1n) is 12.3. The van der Waals surface area contributed by atoms with Gasteiger partial charge in [-0.05, 0) is 63.6 Å². The number of furan rings is 1. The van der Waals surface area contributed by atoms with Crippen LogP contribution >= 0.6 is 0 Å². The molecule has 0 aliphatic heterocycles. The minimum Gasteiger partial charge on any atom is -0.480 e. The van der Waals surface area contributed by atoms with Crippen LogP contribution in [0.1, 0.15) is 48.1 Å². The van der Waals surface area contributed by atoms with Crippen molar-refractivity contribution in [3.05, 3.63) is 45.0 Å². The van der Waals surface area contributed by atoms with E-state index in [1.54, 1.807) is 13.0 Å². The molecule has 12 heteroatoms. The molecule has 2 heterocycles. The Hall–Kier alpha value is -4.35. The van der Waals surface area contributed by atoms with Gasteiger partial charge in [0, 0.05) is 35.4 Å². The molecule has 1 aromatic carbocycles. The largest absolute Gasteiger partial charge is 0.480 e. The number of hydrogen-bond acceptors (Lipinski definition) is 7. The van der Waals surface area contributed by atoms with E-state index in [0.717, 1.165) is 22.1 Å². The zero-order valence-corrected chi connectivity index (χ0v) is 21.6. The second-order valence-electron chi connectivity index (χ2n) is 9.14. The predicted octanol–water partition coefficient (Wildman–Crippen LogP) is 1.92. The van der Waals surface area contributed by atoms with E-state index in [1.807, 2.05) is 19.9 Å². The van der Waals surface area contributed by atoms with Crippen molar-refractivity contribution in [3.63, 3.8) is 0 Å². The summed E-state index contributed by atoms with van der Waals surface area (Å²) in [6.45, 7) is 5.32. The van der Waals surface area contributed by atoms with Crippen LogP contribution in [0, 0.1) is 20.8 Å². The molecule has 3 rings (SSSR count). The van der Waals surface area contributed by atoms with Crippen molar-refractivity contribution in [1.29, 1.82) is 0 Å². The first-order valence-corrected chi connectivity index (χ1v) is 12.3. The summed E-state index contributed by atoms with van der Waals surface area (Å²) in [5.41, 5.74) is 7.53. The lowest BCUT2D eigenvalue weighted by Crippen LogP contribution is -2.48. The molecule has 2 aromatic heterocycles. The molecule has 0 saturated heterocycles. The maximum atomic E-state index is 12.7. The topological polar surface area (TPSA) is 194 Å². The highest BCUT2D eigenvalue weighted by Gasteiger charge is 2.22. The fourth-order valence-electron chi connectivity index (χ4n) is 4.26. The molecule has 0 unspecified atom stereocenters. The molecule has 12 nitrogen and oxygen atoms in total. The summed E-state index contributed by atoms with van der Waals surface area (Å²) in [5.74, 6) is -1.56. The minimum atomic E-state index is -1.22. The quantitative estimate of drug-likeness (QED) is 0.174. The van der Waals surface area contributed by atoms with Crippen molar-refractivity contribution >= 4 is 45.8 Å². The molecule has 1 atom stereocenters. The highest BCUT2D eigenvalue weighted by molar-refractivity contribution is 5.97. The normalized spacial score (nSPS) is 11.9. The maximum absolute atomic E-state index is 12.7. The second-order valence-corrected chi connectivity index (χ2v) is 9.14. The molecule has 0 fully saturated rings. The SMILES string of the molecule is Cc1oc2cc3oc(=O)c(CCC(=O)N[C@@H](CCCCNC(N)=O)C(=O)NCC(=O)O)c(C)c3cc2c1C. The lowest BCUT2D eigenvalue weighted by atomic mass is 10.00. The van der Waals surface area contributed by atoms with Crippen molar-refractivity contribution < 1.29 is 33.1 Å². The summed E-state index contributed by atoms with van der Waals surface area (Å²) in [7, 11) is 0. The molecule has 0 saturated carbocycles. The van der Waals surface area contributed by atoms with Crippen molar-refractivity contribution in [3.8, 4) is 0 Å². The Bertz CT molecular complexity index is 1440. The number of carbonyl (C=O) groups is 4. The number of rotatable bonds is 12. The van der Waals surface area contributed by atoms with Gasteiger partial charge in [0.15, 0.2) is 0 Å². The van der Waals surface area contributed by atoms with Gasteiger partial charge in [-0.15, -0.1) is 0 Å². The minimum absolute atomic E-state index is 0.0867. The first-order chi connectivity index (χ1) is 18.0. The zero-order chi connectivity index (χ0) is 28.0. The number of carbonyl (C=O) groups excluding carboxylic acids is 3. The first kappa shape index (κ1) is 28.2. The van der Waals surface area contributed by atoms with Gasteiger partial charge in [0.2, 0.25) is 11.8 Å². The van der Waals surface area contributed by atoms with E-state index < -0.39 is 42.0 Å². The van der Waals surface area contributed by atoms with Crippen molar-refractivity contribution in [2.45, 2.75) is 58.9 Å². The number of urea groups is 1. The Labute approximate surface area is 217 Å². The molecule has 0 spiro atoms. The zero-order valence-electron chi connectivity index (χ0n) is 21.6. The van der Waals surface area contributed by atoms with E-state index in [2.05, 4.69) is 16.0 Å². The average molecular weight is 529 g/mol. The molecular formula is C26H32N4O8. The number of nitrogens with two attached hydrogens (primary N) is 1. The highest BCUT2D eigenvalue weighted by atomic mass is 16.4. The molecule has 0 bridgehead atoms. The van der Waals surface area contributed by atoms with E-state index in [0.29, 0.717) is 41.7 Å². The summed E-state index contributed by atoms with van der Waals surface area (Å²) < 4.78 is 11.3. The number of nitrogens with one attached hydrogen (secondary N) is 3. The number of carboxylic acid groups (broad SMARTS) is 1. The molecule has 0 aliphatic rings. The van der Waals surface area contributed by atoms with E-state index in [9.17, 15) is 24.0 Å². The summed E-state index contributed by atoms with van der Waals surface area (Å²) in [5, 5.41) is 17.8. The number of amides is 4. The van der Waals surface area contributed by atoms with E-state index >= 15 is 0 Å². The van der Waals surface area contributed by atoms with Crippen LogP contribution in [0.25, 0.3) is 21.9 Å². The van der Waals surface area contributed by atoms with Crippen LogP contribution in [0.5, 0.6) is 0 Å². The average Bonchev–Trinajstić information content (AvgIpc) is 3.12. The lowest BCUT2D eigenvalue weighted by Gasteiger charge is -2.18. The molecule has 3 aromatic rings. The molecule has 0 radical (unpaired) electrons. The van der Waals surface area contributed by atoms with Gasteiger partial charge in [0.05, 0.1) is 0 Å². The number of aryl methyl sites for hydroxylation is 3. The monoisotopic (exact) mass is 528 g/mol. The van der Waals surface area contributed by atoms with Gasteiger partial charge in [-0.25, -0.2) is 9.59 Å². The van der Waals surface area contributed by atoms with Crippen LogP contribution < -0.4 is 27.3 Å². The number of carboxylic acids is 1. The van der Waals surface area contributed by atoms with Gasteiger partial charge in [0.1, 0.15) is 29.5 Å². The molecule has 6 N–H and O–H groups in total. The third-order valence-corrected chi connectivity index (χ3v) is 6.47. The third-order valence-electron chi connectivity index (χ3n) is 6.47. The summed E-state index contributed by atoms with van der Waals surface area (Å²) in [4.78, 5) is 59.5. The molecule has 0 aliphatic carbocycles. The van der Waals surface area contributed by atoms with Crippen LogP contribution in [0.3, 0.4) is 0 Å². The Morgan fingerprint density at radius 1 is 0.974 bits per heavy atom. The second kappa shape index (κ2) is 12.3. The summed E-state index contributed by atoms with van der Waals surface area (Å²) in [6, 6.07) is 1.95. The van der Waals surface area contributed by atoms with Crippen LogP contribution in [-0.4, -0.2) is 48.1 Å². The maximum Gasteiger partial charge on any atom is 0.339 e. The lowest BCUT2D eigenvalue weighted by molar-refractivity contribution is -0.138. The van der Waals surface area contributed by atoms with Gasteiger partial charge in [-0.3, -0.25) is 14.4 Å². The molecule has 4 amide bonds. The van der Waals surface area contributed by atoms with Crippen LogP contribution in [0.4, 0.5) is 4.79 Å². The predicted molar refractivity (Wildman–Crippen MR) is 139 cm³/mol. The van der Waals surface area contributed by atoms with Gasteiger partial charge in [-0.1, -0.05) is 0 Å². The van der Waals surface area contributed by atoms with E-state index in [4.69, 9.17) is 19.7 Å². The standard InChI is InChI=1S/C26H32N4O8/c1-13-15(3)37-20-11-21-18(10-17(13)20)14(2)16(25(35)38-21)7-8-22(31)30-19(24(34)29-12-23(32)33)6-4-5-9-28-26(27)36/h10-11,19H,4-9,12H2,1-3H3,(H,29,34)(H,30,31)(H,32,33)(H3,27,28,36)/t19-/m0/s1. The Morgan fingerprint density at radius 3 is 2.34 bits per heavy atom. The Kier molecular flexibility index (Phi) is 9.11. The highest BCUT2D eigenvalue weighted by Crippen LogP contribution is 2.31. The molecule has 38 heavy (non-hydrogen) atoms. The summed E-state index contributed by atoms with van der Waals surface area (Å²) >= 11 is 0. The number of primary amides is 1. The number of benzene rings is 1. The smallest absolute Gasteiger partial charge is 0.339 e. The van der Waals surface area contributed by atoms with Gasteiger partial charge in [-0.2, -0.15) is 0 Å². The number of hydrogen-bond donors (Lipinski definition) is 5. The van der Waals surface area contributed by atoms with Gasteiger partial charge < -0.3 is 35.6 Å². The van der Waals surface area contributed by atoms with Crippen LogP contribution in [0.2, 0.25) is 0 Å². The van der Waals surface area contributed by atoms with Crippen LogP contribution in [0.15, 0.2) is 25.8 Å². The molecule has 204 valence electrons. The third kappa shape index (κ3) is 6.90. The van der Waals surface area contributed by atoms with Gasteiger partial charge in [0.25, 0.3) is 0 Å². The van der Waals surface area contributed by atoms with Gasteiger partial charge >= 0.3 is 17.6 Å². The van der Waals surface area contributed by atoms with Crippen molar-refractivity contribution in [1.82, 2.24) is 16.0 Å². The number of fused-ring (bicyclic) bond motifs is 2.